The zero-order chi connectivity index (χ0) is 17.8. The fourth-order valence-corrected chi connectivity index (χ4v) is 3.86. The molecule has 25 heavy (non-hydrogen) atoms. The first-order valence-electron chi connectivity index (χ1n) is 7.77. The molecule has 0 fully saturated rings. The molecule has 2 aromatic heterocycles. The molecule has 2 N–H and O–H groups in total. The lowest BCUT2D eigenvalue weighted by atomic mass is 10.3. The van der Waals surface area contributed by atoms with Gasteiger partial charge in [-0.2, -0.15) is 0 Å². The fourth-order valence-electron chi connectivity index (χ4n) is 2.57. The highest BCUT2D eigenvalue weighted by Crippen LogP contribution is 2.24. The van der Waals surface area contributed by atoms with E-state index in [0.717, 1.165) is 15.5 Å². The SMILES string of the molecule is CSc1ccccc1NC(=O)C[NH+](C)Cc1cc(=O)n2ccsc2n1. The highest BCUT2D eigenvalue weighted by molar-refractivity contribution is 7.98. The topological polar surface area (TPSA) is 67.9 Å². The van der Waals surface area contributed by atoms with Gasteiger partial charge in [-0.15, -0.1) is 23.1 Å². The molecule has 130 valence electrons. The van der Waals surface area contributed by atoms with Crippen LogP contribution in [0.4, 0.5) is 5.69 Å². The van der Waals surface area contributed by atoms with Gasteiger partial charge in [-0.05, 0) is 18.4 Å². The van der Waals surface area contributed by atoms with Crippen molar-refractivity contribution >= 4 is 39.7 Å². The molecule has 1 atom stereocenters. The zero-order valence-corrected chi connectivity index (χ0v) is 15.6. The molecule has 0 aliphatic rings. The largest absolute Gasteiger partial charge is 0.325 e. The van der Waals surface area contributed by atoms with Crippen LogP contribution in [0.1, 0.15) is 5.69 Å². The van der Waals surface area contributed by atoms with E-state index < -0.39 is 0 Å². The van der Waals surface area contributed by atoms with E-state index in [-0.39, 0.29) is 11.5 Å². The number of rotatable bonds is 6. The number of thioether (sulfide) groups is 1. The Kier molecular flexibility index (Phi) is 5.52. The average Bonchev–Trinajstić information content (AvgIpc) is 3.04. The van der Waals surface area contributed by atoms with Crippen molar-refractivity contribution in [1.29, 1.82) is 0 Å². The molecule has 0 aliphatic heterocycles. The van der Waals surface area contributed by atoms with Crippen LogP contribution in [0.3, 0.4) is 0 Å². The molecule has 0 aliphatic carbocycles. The van der Waals surface area contributed by atoms with E-state index in [1.807, 2.05) is 42.9 Å². The van der Waals surface area contributed by atoms with Crippen molar-refractivity contribution in [2.24, 2.45) is 0 Å². The van der Waals surface area contributed by atoms with E-state index in [2.05, 4.69) is 10.3 Å². The zero-order valence-electron chi connectivity index (χ0n) is 14.0. The van der Waals surface area contributed by atoms with Crippen molar-refractivity contribution in [2.45, 2.75) is 11.4 Å². The monoisotopic (exact) mass is 375 g/mol. The van der Waals surface area contributed by atoms with Gasteiger partial charge in [0.2, 0.25) is 0 Å². The first-order valence-corrected chi connectivity index (χ1v) is 9.87. The van der Waals surface area contributed by atoms with E-state index in [9.17, 15) is 9.59 Å². The molecule has 0 radical (unpaired) electrons. The summed E-state index contributed by atoms with van der Waals surface area (Å²) in [6.45, 7) is 0.815. The number of nitrogens with one attached hydrogen (secondary N) is 2. The van der Waals surface area contributed by atoms with Crippen LogP contribution >= 0.6 is 23.1 Å². The van der Waals surface area contributed by atoms with Crippen LogP contribution in [0.2, 0.25) is 0 Å². The third-order valence-corrected chi connectivity index (χ3v) is 5.23. The second-order valence-electron chi connectivity index (χ2n) is 5.70. The van der Waals surface area contributed by atoms with Gasteiger partial charge in [-0.25, -0.2) is 4.98 Å². The Morgan fingerprint density at radius 1 is 1.40 bits per heavy atom. The summed E-state index contributed by atoms with van der Waals surface area (Å²) in [6, 6.07) is 9.25. The molecule has 0 saturated carbocycles. The predicted molar refractivity (Wildman–Crippen MR) is 102 cm³/mol. The molecular weight excluding hydrogens is 356 g/mol. The van der Waals surface area contributed by atoms with Gasteiger partial charge >= 0.3 is 0 Å². The molecular formula is C17H19N4O2S2+. The van der Waals surface area contributed by atoms with Crippen molar-refractivity contribution in [3.05, 3.63) is 58.0 Å². The normalized spacial score (nSPS) is 12.2. The number of hydrogen-bond donors (Lipinski definition) is 2. The Balaban J connectivity index is 1.64. The number of carbonyl (C=O) groups is 1. The number of likely N-dealkylation sites (N-methyl/N-ethyl adjacent to an activating group) is 1. The third kappa shape index (κ3) is 4.28. The number of quaternary nitrogens is 1. The first kappa shape index (κ1) is 17.7. The number of anilines is 1. The summed E-state index contributed by atoms with van der Waals surface area (Å²) in [5.41, 5.74) is 1.43. The summed E-state index contributed by atoms with van der Waals surface area (Å²) in [5.74, 6) is -0.0621. The van der Waals surface area contributed by atoms with E-state index in [0.29, 0.717) is 23.7 Å². The van der Waals surface area contributed by atoms with Gasteiger partial charge < -0.3 is 10.2 Å². The number of para-hydroxylation sites is 1. The Bertz CT molecular complexity index is 951. The number of fused-ring (bicyclic) bond motifs is 1. The minimum Gasteiger partial charge on any atom is -0.325 e. The maximum Gasteiger partial charge on any atom is 0.279 e. The van der Waals surface area contributed by atoms with Crippen LogP contribution < -0.4 is 15.8 Å². The number of nitrogens with zero attached hydrogens (tertiary/aromatic N) is 2. The van der Waals surface area contributed by atoms with Crippen LogP contribution in [-0.2, 0) is 11.3 Å². The van der Waals surface area contributed by atoms with Crippen LogP contribution in [0.25, 0.3) is 4.96 Å². The number of hydrogen-bond acceptors (Lipinski definition) is 5. The highest BCUT2D eigenvalue weighted by atomic mass is 32.2. The minimum atomic E-state index is -0.0904. The van der Waals surface area contributed by atoms with E-state index in [4.69, 9.17) is 0 Å². The van der Waals surface area contributed by atoms with Gasteiger partial charge in [-0.3, -0.25) is 14.0 Å². The third-order valence-electron chi connectivity index (χ3n) is 3.68. The standard InChI is InChI=1S/C17H18N4O2S2/c1-20(10-12-9-16(23)21-7-8-25-17(21)18-12)11-15(22)19-13-5-3-4-6-14(13)24-2/h3-9H,10-11H2,1-2H3,(H,19,22)/p+1. The molecule has 8 heteroatoms. The smallest absolute Gasteiger partial charge is 0.279 e. The van der Waals surface area contributed by atoms with Crippen LogP contribution in [0.5, 0.6) is 0 Å². The first-order chi connectivity index (χ1) is 12.1. The van der Waals surface area contributed by atoms with Gasteiger partial charge in [0.1, 0.15) is 12.2 Å². The Morgan fingerprint density at radius 2 is 2.20 bits per heavy atom. The van der Waals surface area contributed by atoms with Gasteiger partial charge in [0.15, 0.2) is 11.5 Å². The Hall–Kier alpha value is -2.16. The van der Waals surface area contributed by atoms with Gasteiger partial charge in [0.05, 0.1) is 12.7 Å². The second kappa shape index (κ2) is 7.81. The molecule has 3 rings (SSSR count). The van der Waals surface area contributed by atoms with Crippen LogP contribution in [0.15, 0.2) is 51.6 Å². The highest BCUT2D eigenvalue weighted by Gasteiger charge is 2.14. The number of thiazole rings is 1. The van der Waals surface area contributed by atoms with E-state index in [1.54, 1.807) is 18.0 Å². The van der Waals surface area contributed by atoms with Crippen molar-refractivity contribution in [3.63, 3.8) is 0 Å². The second-order valence-corrected chi connectivity index (χ2v) is 7.42. The number of benzene rings is 1. The van der Waals surface area contributed by atoms with E-state index in [1.165, 1.54) is 21.8 Å². The van der Waals surface area contributed by atoms with Crippen molar-refractivity contribution in [1.82, 2.24) is 9.38 Å². The summed E-state index contributed by atoms with van der Waals surface area (Å²) in [7, 11) is 1.91. The lowest BCUT2D eigenvalue weighted by Crippen LogP contribution is -3.08. The minimum absolute atomic E-state index is 0.0621. The maximum absolute atomic E-state index is 12.3. The molecule has 0 saturated heterocycles. The fraction of sp³-hybridized carbons (Fsp3) is 0.235. The lowest BCUT2D eigenvalue weighted by Gasteiger charge is -2.14. The molecule has 0 spiro atoms. The summed E-state index contributed by atoms with van der Waals surface area (Å²) < 4.78 is 1.52. The summed E-state index contributed by atoms with van der Waals surface area (Å²) in [6.07, 6.45) is 3.69. The van der Waals surface area contributed by atoms with Gasteiger partial charge in [0.25, 0.3) is 11.5 Å². The van der Waals surface area contributed by atoms with E-state index >= 15 is 0 Å². The van der Waals surface area contributed by atoms with Crippen molar-refractivity contribution in [3.8, 4) is 0 Å². The van der Waals surface area contributed by atoms with Crippen LogP contribution in [-0.4, -0.2) is 35.1 Å². The average molecular weight is 375 g/mol. The van der Waals surface area contributed by atoms with Gasteiger partial charge in [0, 0.05) is 22.5 Å². The summed E-state index contributed by atoms with van der Waals surface area (Å²) in [4.78, 5) is 31.5. The predicted octanol–water partition coefficient (Wildman–Crippen LogP) is 1.13. The molecule has 1 amide bonds. The van der Waals surface area contributed by atoms with Gasteiger partial charge in [-0.1, -0.05) is 12.1 Å². The molecule has 1 aromatic carbocycles. The maximum atomic E-state index is 12.3. The summed E-state index contributed by atoms with van der Waals surface area (Å²) in [5, 5.41) is 4.78. The Morgan fingerprint density at radius 3 is 3.00 bits per heavy atom. The Labute approximate surface area is 153 Å². The lowest BCUT2D eigenvalue weighted by molar-refractivity contribution is -0.885. The molecule has 0 bridgehead atoms. The molecule has 2 heterocycles. The molecule has 3 aromatic rings. The summed E-state index contributed by atoms with van der Waals surface area (Å²) >= 11 is 3.02. The number of aromatic nitrogens is 2. The molecule has 1 unspecified atom stereocenters. The number of carbonyl (C=O) groups excluding carboxylic acids is 1. The van der Waals surface area contributed by atoms with Crippen molar-refractivity contribution < 1.29 is 9.69 Å². The molecule has 6 nitrogen and oxygen atoms in total. The van der Waals surface area contributed by atoms with Crippen LogP contribution in [0, 0.1) is 0 Å². The number of amides is 1. The quantitative estimate of drug-likeness (QED) is 0.634. The van der Waals surface area contributed by atoms with Crippen molar-refractivity contribution in [2.75, 3.05) is 25.2 Å².